The van der Waals surface area contributed by atoms with Crippen LogP contribution in [-0.4, -0.2) is 21.8 Å². The normalized spacial score (nSPS) is 10.1. The van der Waals surface area contributed by atoms with Crippen LogP contribution in [0, 0.1) is 0 Å². The van der Waals surface area contributed by atoms with Crippen LogP contribution < -0.4 is 5.73 Å². The van der Waals surface area contributed by atoms with E-state index in [1.54, 1.807) is 0 Å². The second kappa shape index (κ2) is 4.85. The molecule has 0 spiro atoms. The molecule has 0 bridgehead atoms. The van der Waals surface area contributed by atoms with Crippen molar-refractivity contribution in [1.82, 2.24) is 4.98 Å². The smallest absolute Gasteiger partial charge is 0.337 e. The monoisotopic (exact) mass is 212 g/mol. The summed E-state index contributed by atoms with van der Waals surface area (Å²) in [5.74, 6) is -0.0693. The molecule has 76 valence electrons. The Bertz CT molecular complexity index is 342. The Morgan fingerprint density at radius 2 is 2.43 bits per heavy atom. The number of rotatable bonds is 4. The van der Waals surface area contributed by atoms with Crippen LogP contribution in [0.25, 0.3) is 0 Å². The van der Waals surface area contributed by atoms with Crippen molar-refractivity contribution in [1.29, 1.82) is 0 Å². The standard InChI is InChI=1S/C9H12N2O2S/c1-2-3-14-8-7(10)4-6(5-11-8)9(12)13/h4-5H,2-3,10H2,1H3,(H,12,13). The number of anilines is 1. The van der Waals surface area contributed by atoms with Crippen LogP contribution in [0.3, 0.4) is 0 Å². The van der Waals surface area contributed by atoms with Gasteiger partial charge in [0.1, 0.15) is 5.03 Å². The third-order valence-corrected chi connectivity index (χ3v) is 2.80. The molecule has 1 aromatic heterocycles. The van der Waals surface area contributed by atoms with Crippen LogP contribution >= 0.6 is 11.8 Å². The van der Waals surface area contributed by atoms with Gasteiger partial charge in [0.25, 0.3) is 0 Å². The highest BCUT2D eigenvalue weighted by Crippen LogP contribution is 2.23. The molecule has 0 amide bonds. The zero-order chi connectivity index (χ0) is 10.6. The van der Waals surface area contributed by atoms with Crippen molar-refractivity contribution >= 4 is 23.4 Å². The van der Waals surface area contributed by atoms with E-state index >= 15 is 0 Å². The molecule has 0 radical (unpaired) electrons. The molecule has 0 saturated heterocycles. The summed E-state index contributed by atoms with van der Waals surface area (Å²) >= 11 is 1.54. The number of carboxylic acid groups (broad SMARTS) is 1. The van der Waals surface area contributed by atoms with Gasteiger partial charge in [-0.15, -0.1) is 11.8 Å². The number of carboxylic acids is 1. The Labute approximate surface area is 86.5 Å². The fraction of sp³-hybridized carbons (Fsp3) is 0.333. The lowest BCUT2D eigenvalue weighted by molar-refractivity contribution is 0.0696. The molecule has 14 heavy (non-hydrogen) atoms. The van der Waals surface area contributed by atoms with E-state index in [1.165, 1.54) is 24.0 Å². The topological polar surface area (TPSA) is 76.2 Å². The minimum Gasteiger partial charge on any atom is -0.478 e. The van der Waals surface area contributed by atoms with Crippen molar-refractivity contribution in [2.75, 3.05) is 11.5 Å². The molecule has 0 saturated carbocycles. The minimum absolute atomic E-state index is 0.128. The predicted molar refractivity (Wildman–Crippen MR) is 56.6 cm³/mol. The van der Waals surface area contributed by atoms with Gasteiger partial charge >= 0.3 is 5.97 Å². The maximum atomic E-state index is 10.6. The summed E-state index contributed by atoms with van der Waals surface area (Å²) in [6, 6.07) is 1.44. The predicted octanol–water partition coefficient (Wildman–Crippen LogP) is 1.86. The van der Waals surface area contributed by atoms with Crippen molar-refractivity contribution in [3.63, 3.8) is 0 Å². The molecule has 5 heteroatoms. The Kier molecular flexibility index (Phi) is 3.76. The molecular weight excluding hydrogens is 200 g/mol. The van der Waals surface area contributed by atoms with Gasteiger partial charge in [-0.25, -0.2) is 9.78 Å². The van der Waals surface area contributed by atoms with Crippen molar-refractivity contribution in [3.05, 3.63) is 17.8 Å². The van der Waals surface area contributed by atoms with Gasteiger partial charge in [-0.3, -0.25) is 0 Å². The maximum absolute atomic E-state index is 10.6. The van der Waals surface area contributed by atoms with Crippen molar-refractivity contribution in [2.45, 2.75) is 18.4 Å². The number of aromatic carboxylic acids is 1. The van der Waals surface area contributed by atoms with E-state index in [-0.39, 0.29) is 5.56 Å². The minimum atomic E-state index is -1.00. The van der Waals surface area contributed by atoms with E-state index in [0.29, 0.717) is 10.7 Å². The van der Waals surface area contributed by atoms with Crippen LogP contribution in [-0.2, 0) is 0 Å². The summed E-state index contributed by atoms with van der Waals surface area (Å²) in [7, 11) is 0. The number of hydrogen-bond acceptors (Lipinski definition) is 4. The molecule has 0 aromatic carbocycles. The summed E-state index contributed by atoms with van der Waals surface area (Å²) in [4.78, 5) is 14.6. The van der Waals surface area contributed by atoms with Gasteiger partial charge in [-0.1, -0.05) is 6.92 Å². The largest absolute Gasteiger partial charge is 0.478 e. The molecule has 0 fully saturated rings. The fourth-order valence-electron chi connectivity index (χ4n) is 0.906. The van der Waals surface area contributed by atoms with Gasteiger partial charge in [0.05, 0.1) is 11.3 Å². The first-order valence-electron chi connectivity index (χ1n) is 4.26. The van der Waals surface area contributed by atoms with Crippen LogP contribution in [0.2, 0.25) is 0 Å². The highest BCUT2D eigenvalue weighted by molar-refractivity contribution is 7.99. The summed E-state index contributed by atoms with van der Waals surface area (Å²) < 4.78 is 0. The molecule has 3 N–H and O–H groups in total. The summed E-state index contributed by atoms with van der Waals surface area (Å²) in [5, 5.41) is 9.38. The van der Waals surface area contributed by atoms with Crippen LogP contribution in [0.4, 0.5) is 5.69 Å². The van der Waals surface area contributed by atoms with Crippen LogP contribution in [0.5, 0.6) is 0 Å². The van der Waals surface area contributed by atoms with Crippen molar-refractivity contribution < 1.29 is 9.90 Å². The number of nitrogen functional groups attached to an aromatic ring is 1. The lowest BCUT2D eigenvalue weighted by Crippen LogP contribution is -2.01. The zero-order valence-electron chi connectivity index (χ0n) is 7.86. The van der Waals surface area contributed by atoms with E-state index in [9.17, 15) is 4.79 Å². The quantitative estimate of drug-likeness (QED) is 0.745. The average Bonchev–Trinajstić information content (AvgIpc) is 2.15. The third kappa shape index (κ3) is 2.63. The molecule has 0 aliphatic heterocycles. The Hall–Kier alpha value is -1.23. The zero-order valence-corrected chi connectivity index (χ0v) is 8.67. The van der Waals surface area contributed by atoms with Gasteiger partial charge < -0.3 is 10.8 Å². The lowest BCUT2D eigenvalue weighted by Gasteiger charge is -2.03. The highest BCUT2D eigenvalue weighted by atomic mass is 32.2. The van der Waals surface area contributed by atoms with Crippen molar-refractivity contribution in [2.24, 2.45) is 0 Å². The van der Waals surface area contributed by atoms with E-state index in [2.05, 4.69) is 11.9 Å². The number of thioether (sulfide) groups is 1. The number of aromatic nitrogens is 1. The van der Waals surface area contributed by atoms with Crippen LogP contribution in [0.15, 0.2) is 17.3 Å². The first-order valence-corrected chi connectivity index (χ1v) is 5.25. The molecule has 1 heterocycles. The van der Waals surface area contributed by atoms with E-state index in [1.807, 2.05) is 0 Å². The molecule has 0 aliphatic carbocycles. The molecule has 4 nitrogen and oxygen atoms in total. The molecular formula is C9H12N2O2S. The molecule has 1 aromatic rings. The van der Waals surface area contributed by atoms with E-state index < -0.39 is 5.97 Å². The third-order valence-electron chi connectivity index (χ3n) is 1.57. The van der Waals surface area contributed by atoms with Gasteiger partial charge in [-0.2, -0.15) is 0 Å². The number of nitrogens with two attached hydrogens (primary N) is 1. The number of carbonyl (C=O) groups is 1. The summed E-state index contributed by atoms with van der Waals surface area (Å²) in [6.07, 6.45) is 2.36. The molecule has 0 unspecified atom stereocenters. The van der Waals surface area contributed by atoms with E-state index in [0.717, 1.165) is 12.2 Å². The molecule has 1 rings (SSSR count). The number of pyridine rings is 1. The lowest BCUT2D eigenvalue weighted by atomic mass is 10.3. The number of hydrogen-bond donors (Lipinski definition) is 2. The van der Waals surface area contributed by atoms with Gasteiger partial charge in [0.2, 0.25) is 0 Å². The maximum Gasteiger partial charge on any atom is 0.337 e. The van der Waals surface area contributed by atoms with Gasteiger partial charge in [0.15, 0.2) is 0 Å². The molecule has 0 aliphatic rings. The summed E-state index contributed by atoms with van der Waals surface area (Å²) in [5.41, 5.74) is 6.22. The van der Waals surface area contributed by atoms with Crippen LogP contribution in [0.1, 0.15) is 23.7 Å². The second-order valence-corrected chi connectivity index (χ2v) is 3.86. The Balaban J connectivity index is 2.84. The van der Waals surface area contributed by atoms with E-state index in [4.69, 9.17) is 10.8 Å². The number of nitrogens with zero attached hydrogens (tertiary/aromatic N) is 1. The second-order valence-electron chi connectivity index (χ2n) is 2.77. The molecule has 0 atom stereocenters. The summed E-state index contributed by atoms with van der Waals surface area (Å²) in [6.45, 7) is 2.06. The van der Waals surface area contributed by atoms with Gasteiger partial charge in [0, 0.05) is 6.20 Å². The Morgan fingerprint density at radius 1 is 1.71 bits per heavy atom. The SMILES string of the molecule is CCCSc1ncc(C(=O)O)cc1N. The first-order chi connectivity index (χ1) is 6.65. The highest BCUT2D eigenvalue weighted by Gasteiger charge is 2.07. The van der Waals surface area contributed by atoms with Crippen molar-refractivity contribution in [3.8, 4) is 0 Å². The first kappa shape index (κ1) is 10.8. The van der Waals surface area contributed by atoms with Gasteiger partial charge in [-0.05, 0) is 18.2 Å². The Morgan fingerprint density at radius 3 is 2.93 bits per heavy atom. The average molecular weight is 212 g/mol. The fourth-order valence-corrected chi connectivity index (χ4v) is 1.66.